The molecule has 1 aromatic heterocycles. The number of halogens is 2. The highest BCUT2D eigenvalue weighted by Gasteiger charge is 2.22. The Hall–Kier alpha value is -1.58. The molecule has 0 radical (unpaired) electrons. The minimum Gasteiger partial charge on any atom is -0.396 e. The van der Waals surface area contributed by atoms with E-state index in [1.54, 1.807) is 0 Å². The maximum Gasteiger partial charge on any atom is 0.277 e. The van der Waals surface area contributed by atoms with Crippen molar-refractivity contribution in [3.8, 4) is 0 Å². The summed E-state index contributed by atoms with van der Waals surface area (Å²) in [7, 11) is -2.47. The van der Waals surface area contributed by atoms with Crippen LogP contribution >= 0.6 is 23.2 Å². The van der Waals surface area contributed by atoms with E-state index in [4.69, 9.17) is 28.9 Å². The fourth-order valence-electron chi connectivity index (χ4n) is 1.26. The molecule has 2 aromatic rings. The third-order valence-corrected chi connectivity index (χ3v) is 4.33. The molecule has 0 bridgehead atoms. The van der Waals surface area contributed by atoms with E-state index < -0.39 is 10.0 Å². The molecule has 0 aliphatic heterocycles. The van der Waals surface area contributed by atoms with Crippen LogP contribution in [0.25, 0.3) is 0 Å². The Morgan fingerprint density at radius 3 is 2.63 bits per heavy atom. The molecule has 3 N–H and O–H groups in total. The molecular formula is C8H8Cl2N6O2S. The average molecular weight is 323 g/mol. The van der Waals surface area contributed by atoms with Crippen molar-refractivity contribution < 1.29 is 8.42 Å². The van der Waals surface area contributed by atoms with E-state index in [-0.39, 0.29) is 26.6 Å². The van der Waals surface area contributed by atoms with Crippen LogP contribution in [0.3, 0.4) is 0 Å². The Labute approximate surface area is 118 Å². The summed E-state index contributed by atoms with van der Waals surface area (Å²) >= 11 is 11.6. The van der Waals surface area contributed by atoms with Gasteiger partial charge in [-0.05, 0) is 17.3 Å². The summed E-state index contributed by atoms with van der Waals surface area (Å²) in [5, 5.41) is 10.7. The van der Waals surface area contributed by atoms with Gasteiger partial charge in [-0.25, -0.2) is 13.1 Å². The smallest absolute Gasteiger partial charge is 0.277 e. The molecular weight excluding hydrogens is 315 g/mol. The quantitative estimate of drug-likeness (QED) is 0.811. The van der Waals surface area contributed by atoms with Crippen LogP contribution < -0.4 is 10.5 Å². The van der Waals surface area contributed by atoms with Crippen molar-refractivity contribution in [2.24, 2.45) is 7.05 Å². The number of aromatic nitrogens is 4. The minimum absolute atomic E-state index is 0.0155. The zero-order chi connectivity index (χ0) is 14.2. The highest BCUT2D eigenvalue weighted by molar-refractivity contribution is 7.92. The number of benzene rings is 1. The van der Waals surface area contributed by atoms with Crippen LogP contribution in [0.4, 0.5) is 11.6 Å². The van der Waals surface area contributed by atoms with Gasteiger partial charge in [-0.1, -0.05) is 28.3 Å². The van der Waals surface area contributed by atoms with Crippen LogP contribution in [-0.4, -0.2) is 28.6 Å². The molecule has 0 aliphatic rings. The summed E-state index contributed by atoms with van der Waals surface area (Å²) in [6, 6.07) is 2.57. The van der Waals surface area contributed by atoms with Crippen molar-refractivity contribution >= 4 is 44.9 Å². The molecule has 0 unspecified atom stereocenters. The van der Waals surface area contributed by atoms with Gasteiger partial charge in [-0.3, -0.25) is 0 Å². The first-order chi connectivity index (χ1) is 8.81. The predicted molar refractivity (Wildman–Crippen MR) is 70.5 cm³/mol. The molecule has 1 heterocycles. The molecule has 0 spiro atoms. The molecule has 0 amide bonds. The molecule has 11 heteroatoms. The molecule has 0 fully saturated rings. The van der Waals surface area contributed by atoms with Gasteiger partial charge in [0.25, 0.3) is 16.0 Å². The largest absolute Gasteiger partial charge is 0.396 e. The summed E-state index contributed by atoms with van der Waals surface area (Å²) in [4.78, 5) is 0.888. The van der Waals surface area contributed by atoms with E-state index in [9.17, 15) is 8.42 Å². The maximum absolute atomic E-state index is 12.1. The number of tetrazole rings is 1. The van der Waals surface area contributed by atoms with Crippen LogP contribution in [0.1, 0.15) is 0 Å². The van der Waals surface area contributed by atoms with Gasteiger partial charge in [0.05, 0.1) is 22.8 Å². The maximum atomic E-state index is 12.1. The van der Waals surface area contributed by atoms with Crippen LogP contribution in [0.2, 0.25) is 10.0 Å². The lowest BCUT2D eigenvalue weighted by molar-refractivity contribution is 0.600. The number of nitrogens with two attached hydrogens (primary N) is 1. The molecule has 1 aromatic carbocycles. The van der Waals surface area contributed by atoms with E-state index in [0.29, 0.717) is 0 Å². The van der Waals surface area contributed by atoms with Crippen molar-refractivity contribution in [3.63, 3.8) is 0 Å². The van der Waals surface area contributed by atoms with E-state index in [1.165, 1.54) is 19.2 Å². The standard InChI is InChI=1S/C8H8Cl2N6O2S/c1-16-13-8(12-15-16)14-19(17,18)5-3-2-4(9)7(11)6(5)10/h2-3H,11H2,1H3,(H,13,14). The molecule has 0 saturated carbocycles. The minimum atomic E-state index is -3.97. The van der Waals surface area contributed by atoms with E-state index in [1.807, 2.05) is 0 Å². The van der Waals surface area contributed by atoms with Crippen molar-refractivity contribution in [3.05, 3.63) is 22.2 Å². The summed E-state index contributed by atoms with van der Waals surface area (Å²) in [5.74, 6) is -0.174. The summed E-state index contributed by atoms with van der Waals surface area (Å²) in [5.41, 5.74) is 5.56. The Morgan fingerprint density at radius 2 is 2.05 bits per heavy atom. The normalized spacial score (nSPS) is 11.5. The van der Waals surface area contributed by atoms with Crippen LogP contribution in [0.15, 0.2) is 17.0 Å². The number of anilines is 2. The van der Waals surface area contributed by atoms with Gasteiger partial charge >= 0.3 is 0 Å². The van der Waals surface area contributed by atoms with Crippen molar-refractivity contribution in [2.75, 3.05) is 10.5 Å². The van der Waals surface area contributed by atoms with Gasteiger partial charge in [-0.15, -0.1) is 5.10 Å². The number of nitrogens with zero attached hydrogens (tertiary/aromatic N) is 4. The lowest BCUT2D eigenvalue weighted by Crippen LogP contribution is -2.15. The van der Waals surface area contributed by atoms with Crippen LogP contribution in [-0.2, 0) is 17.1 Å². The lowest BCUT2D eigenvalue weighted by atomic mass is 10.3. The molecule has 0 saturated heterocycles. The predicted octanol–water partition coefficient (Wildman–Crippen LogP) is 0.900. The van der Waals surface area contributed by atoms with Gasteiger partial charge in [0.1, 0.15) is 4.90 Å². The fourth-order valence-corrected chi connectivity index (χ4v) is 2.96. The number of sulfonamides is 1. The summed E-state index contributed by atoms with van der Waals surface area (Å²) in [6.45, 7) is 0. The van der Waals surface area contributed by atoms with Gasteiger partial charge < -0.3 is 5.73 Å². The number of rotatable bonds is 3. The zero-order valence-electron chi connectivity index (χ0n) is 9.50. The fraction of sp³-hybridized carbons (Fsp3) is 0.125. The highest BCUT2D eigenvalue weighted by Crippen LogP contribution is 2.33. The molecule has 0 aliphatic carbocycles. The van der Waals surface area contributed by atoms with E-state index in [0.717, 1.165) is 4.80 Å². The van der Waals surface area contributed by atoms with E-state index in [2.05, 4.69) is 20.1 Å². The van der Waals surface area contributed by atoms with Crippen LogP contribution in [0, 0.1) is 0 Å². The second kappa shape index (κ2) is 4.83. The molecule has 102 valence electrons. The van der Waals surface area contributed by atoms with Gasteiger partial charge in [0, 0.05) is 0 Å². The molecule has 19 heavy (non-hydrogen) atoms. The molecule has 8 nitrogen and oxygen atoms in total. The Balaban J connectivity index is 2.43. The van der Waals surface area contributed by atoms with Crippen molar-refractivity contribution in [1.29, 1.82) is 0 Å². The number of hydrogen-bond acceptors (Lipinski definition) is 6. The molecule has 0 atom stereocenters. The van der Waals surface area contributed by atoms with Crippen molar-refractivity contribution in [1.82, 2.24) is 20.2 Å². The first-order valence-electron chi connectivity index (χ1n) is 4.81. The van der Waals surface area contributed by atoms with Gasteiger partial charge in [0.2, 0.25) is 0 Å². The number of nitrogens with one attached hydrogen (secondary N) is 1. The third kappa shape index (κ3) is 2.72. The number of hydrogen-bond donors (Lipinski definition) is 2. The van der Waals surface area contributed by atoms with E-state index >= 15 is 0 Å². The first kappa shape index (κ1) is 13.8. The highest BCUT2D eigenvalue weighted by atomic mass is 35.5. The third-order valence-electron chi connectivity index (χ3n) is 2.11. The number of nitrogen functional groups attached to an aromatic ring is 1. The number of aryl methyl sites for hydroxylation is 1. The summed E-state index contributed by atoms with van der Waals surface area (Å²) < 4.78 is 26.3. The second-order valence-corrected chi connectivity index (χ2v) is 5.92. The SMILES string of the molecule is Cn1nnc(NS(=O)(=O)c2ccc(Cl)c(N)c2Cl)n1. The Bertz CT molecular complexity index is 729. The lowest BCUT2D eigenvalue weighted by Gasteiger charge is -2.09. The van der Waals surface area contributed by atoms with Crippen LogP contribution in [0.5, 0.6) is 0 Å². The summed E-state index contributed by atoms with van der Waals surface area (Å²) in [6.07, 6.45) is 0. The monoisotopic (exact) mass is 322 g/mol. The Morgan fingerprint density at radius 1 is 1.37 bits per heavy atom. The topological polar surface area (TPSA) is 116 Å². The average Bonchev–Trinajstić information content (AvgIpc) is 2.70. The van der Waals surface area contributed by atoms with Crippen molar-refractivity contribution in [2.45, 2.75) is 4.90 Å². The Kier molecular flexibility index (Phi) is 3.52. The first-order valence-corrected chi connectivity index (χ1v) is 7.05. The van der Waals surface area contributed by atoms with Gasteiger partial charge in [0.15, 0.2) is 0 Å². The zero-order valence-corrected chi connectivity index (χ0v) is 11.8. The second-order valence-electron chi connectivity index (χ2n) is 3.48. The van der Waals surface area contributed by atoms with Gasteiger partial charge in [-0.2, -0.15) is 4.80 Å². The molecule has 2 rings (SSSR count).